The number of nitrogens with one attached hydrogen (secondary N) is 2. The predicted molar refractivity (Wildman–Crippen MR) is 113 cm³/mol. The van der Waals surface area contributed by atoms with Crippen molar-refractivity contribution in [2.45, 2.75) is 18.4 Å². The van der Waals surface area contributed by atoms with Crippen molar-refractivity contribution in [3.8, 4) is 0 Å². The van der Waals surface area contributed by atoms with Crippen LogP contribution < -0.4 is 10.0 Å². The normalized spacial score (nSPS) is 11.9. The quantitative estimate of drug-likeness (QED) is 0.549. The molecule has 0 fully saturated rings. The summed E-state index contributed by atoms with van der Waals surface area (Å²) in [5, 5.41) is 2.58. The molecule has 2 rings (SSSR count). The van der Waals surface area contributed by atoms with E-state index in [-0.39, 0.29) is 17.2 Å². The zero-order valence-electron chi connectivity index (χ0n) is 16.7. The minimum Gasteiger partial charge on any atom is -0.351 e. The monoisotopic (exact) mass is 453 g/mol. The molecule has 0 aromatic heterocycles. The van der Waals surface area contributed by atoms with Gasteiger partial charge in [-0.3, -0.25) is 14.3 Å². The van der Waals surface area contributed by atoms with Crippen molar-refractivity contribution in [3.05, 3.63) is 59.7 Å². The van der Waals surface area contributed by atoms with Gasteiger partial charge in [0.1, 0.15) is 0 Å². The Morgan fingerprint density at radius 1 is 0.967 bits per heavy atom. The summed E-state index contributed by atoms with van der Waals surface area (Å²) in [6.07, 6.45) is 1.02. The lowest BCUT2D eigenvalue weighted by Gasteiger charge is -2.17. The van der Waals surface area contributed by atoms with Crippen molar-refractivity contribution in [1.29, 1.82) is 0 Å². The summed E-state index contributed by atoms with van der Waals surface area (Å²) in [5.41, 5.74) is 1.24. The van der Waals surface area contributed by atoms with E-state index in [4.69, 9.17) is 0 Å². The second kappa shape index (κ2) is 9.37. The van der Waals surface area contributed by atoms with Crippen LogP contribution >= 0.6 is 0 Å². The number of hydrogen-bond acceptors (Lipinski definition) is 6. The lowest BCUT2D eigenvalue weighted by molar-refractivity contribution is -0.121. The van der Waals surface area contributed by atoms with E-state index >= 15 is 0 Å². The zero-order valence-corrected chi connectivity index (χ0v) is 18.4. The average molecular weight is 454 g/mol. The highest BCUT2D eigenvalue weighted by Crippen LogP contribution is 2.17. The van der Waals surface area contributed by atoms with Crippen molar-refractivity contribution < 1.29 is 26.4 Å². The number of Topliss-reactive ketones (excluding diaryl/α,β-unsaturated/α-hetero) is 1. The molecular weight excluding hydrogens is 430 g/mol. The third-order valence-electron chi connectivity index (χ3n) is 4.12. The SMILES string of the molecule is CC(=O)c1ccc(S(=O)(=O)N(C)CC(=O)NCc2ccccc2NS(C)(=O)=O)cc1. The third-order valence-corrected chi connectivity index (χ3v) is 6.53. The summed E-state index contributed by atoms with van der Waals surface area (Å²) in [7, 11) is -6.14. The second-order valence-corrected chi connectivity index (χ2v) is 10.4. The Morgan fingerprint density at radius 3 is 2.13 bits per heavy atom. The van der Waals surface area contributed by atoms with E-state index in [1.165, 1.54) is 38.2 Å². The molecule has 0 heterocycles. The van der Waals surface area contributed by atoms with Crippen molar-refractivity contribution in [3.63, 3.8) is 0 Å². The van der Waals surface area contributed by atoms with E-state index in [0.717, 1.165) is 10.6 Å². The van der Waals surface area contributed by atoms with E-state index in [9.17, 15) is 26.4 Å². The maximum absolute atomic E-state index is 12.6. The molecule has 30 heavy (non-hydrogen) atoms. The minimum atomic E-state index is -3.92. The number of carbonyl (C=O) groups is 2. The minimum absolute atomic E-state index is 0.0126. The number of amides is 1. The summed E-state index contributed by atoms with van der Waals surface area (Å²) in [6, 6.07) is 12.0. The molecule has 2 aromatic rings. The van der Waals surface area contributed by atoms with Crippen LogP contribution in [0.5, 0.6) is 0 Å². The van der Waals surface area contributed by atoms with Gasteiger partial charge in [0.05, 0.1) is 23.4 Å². The van der Waals surface area contributed by atoms with Gasteiger partial charge in [-0.1, -0.05) is 30.3 Å². The number of sulfonamides is 2. The van der Waals surface area contributed by atoms with Gasteiger partial charge in [-0.2, -0.15) is 4.31 Å². The fourth-order valence-electron chi connectivity index (χ4n) is 2.55. The summed E-state index contributed by atoms with van der Waals surface area (Å²) in [5.74, 6) is -0.743. The van der Waals surface area contributed by atoms with Gasteiger partial charge in [-0.05, 0) is 30.7 Å². The van der Waals surface area contributed by atoms with E-state index in [1.54, 1.807) is 24.3 Å². The van der Waals surface area contributed by atoms with Crippen LogP contribution in [0.1, 0.15) is 22.8 Å². The molecule has 9 nitrogen and oxygen atoms in total. The van der Waals surface area contributed by atoms with Crippen LogP contribution in [0.3, 0.4) is 0 Å². The van der Waals surface area contributed by atoms with Crippen molar-refractivity contribution in [2.24, 2.45) is 0 Å². The van der Waals surface area contributed by atoms with Crippen LogP contribution in [0.25, 0.3) is 0 Å². The molecule has 2 aromatic carbocycles. The number of benzene rings is 2. The first-order valence-electron chi connectivity index (χ1n) is 8.80. The molecule has 0 aliphatic rings. The Balaban J connectivity index is 2.03. The molecule has 0 aliphatic carbocycles. The van der Waals surface area contributed by atoms with Crippen LogP contribution in [0.15, 0.2) is 53.4 Å². The molecule has 0 unspecified atom stereocenters. The predicted octanol–water partition coefficient (Wildman–Crippen LogP) is 1.20. The molecule has 0 bridgehead atoms. The first kappa shape index (κ1) is 23.5. The molecule has 0 atom stereocenters. The zero-order chi connectivity index (χ0) is 22.5. The topological polar surface area (TPSA) is 130 Å². The van der Waals surface area contributed by atoms with Gasteiger partial charge in [-0.25, -0.2) is 16.8 Å². The van der Waals surface area contributed by atoms with Crippen molar-refractivity contribution in [2.75, 3.05) is 24.6 Å². The number of rotatable bonds is 9. The van der Waals surface area contributed by atoms with Gasteiger partial charge >= 0.3 is 0 Å². The number of anilines is 1. The molecule has 0 saturated carbocycles. The van der Waals surface area contributed by atoms with E-state index in [0.29, 0.717) is 16.8 Å². The third kappa shape index (κ3) is 6.37. The second-order valence-electron chi connectivity index (χ2n) is 6.65. The Bertz CT molecular complexity index is 1140. The van der Waals surface area contributed by atoms with Gasteiger partial charge in [0.2, 0.25) is 26.0 Å². The Morgan fingerprint density at radius 2 is 1.57 bits per heavy atom. The Kier molecular flexibility index (Phi) is 7.34. The van der Waals surface area contributed by atoms with Crippen molar-refractivity contribution in [1.82, 2.24) is 9.62 Å². The average Bonchev–Trinajstić information content (AvgIpc) is 2.66. The first-order valence-corrected chi connectivity index (χ1v) is 12.1. The fraction of sp³-hybridized carbons (Fsp3) is 0.263. The van der Waals surface area contributed by atoms with Gasteiger partial charge in [0.15, 0.2) is 5.78 Å². The largest absolute Gasteiger partial charge is 0.351 e. The maximum atomic E-state index is 12.6. The highest BCUT2D eigenvalue weighted by Gasteiger charge is 2.23. The molecule has 0 aliphatic heterocycles. The van der Waals surface area contributed by atoms with Crippen LogP contribution in [0.2, 0.25) is 0 Å². The number of ketones is 1. The first-order chi connectivity index (χ1) is 13.9. The van der Waals surface area contributed by atoms with Crippen molar-refractivity contribution >= 4 is 37.4 Å². The summed E-state index contributed by atoms with van der Waals surface area (Å²) >= 11 is 0. The van der Waals surface area contributed by atoms with Crippen LogP contribution in [-0.2, 0) is 31.4 Å². The molecule has 0 spiro atoms. The molecule has 0 radical (unpaired) electrons. The number of carbonyl (C=O) groups excluding carboxylic acids is 2. The summed E-state index contributed by atoms with van der Waals surface area (Å²) in [4.78, 5) is 23.5. The standard InChI is InChI=1S/C19H23N3O6S2/c1-14(23)15-8-10-17(11-9-15)30(27,28)22(2)13-19(24)20-12-16-6-4-5-7-18(16)21-29(3,25)26/h4-11,21H,12-13H2,1-3H3,(H,20,24). The van der Waals surface area contributed by atoms with Crippen LogP contribution in [0, 0.1) is 0 Å². The number of likely N-dealkylation sites (N-methyl/N-ethyl adjacent to an activating group) is 1. The number of hydrogen-bond donors (Lipinski definition) is 2. The Labute approximate surface area is 176 Å². The van der Waals surface area contributed by atoms with Crippen LogP contribution in [0.4, 0.5) is 5.69 Å². The molecule has 1 amide bonds. The summed E-state index contributed by atoms with van der Waals surface area (Å²) < 4.78 is 51.4. The lowest BCUT2D eigenvalue weighted by Crippen LogP contribution is -2.38. The van der Waals surface area contributed by atoms with E-state index in [2.05, 4.69) is 10.0 Å². The van der Waals surface area contributed by atoms with E-state index < -0.39 is 32.5 Å². The van der Waals surface area contributed by atoms with Gasteiger partial charge in [0.25, 0.3) is 0 Å². The number of nitrogens with zero attached hydrogens (tertiary/aromatic N) is 1. The molecular formula is C19H23N3O6S2. The summed E-state index contributed by atoms with van der Waals surface area (Å²) in [6.45, 7) is 0.959. The fourth-order valence-corrected chi connectivity index (χ4v) is 4.28. The number of para-hydroxylation sites is 1. The maximum Gasteiger partial charge on any atom is 0.243 e. The molecule has 162 valence electrons. The molecule has 0 saturated heterocycles. The molecule has 11 heteroatoms. The Hall–Kier alpha value is -2.76. The highest BCUT2D eigenvalue weighted by molar-refractivity contribution is 7.92. The van der Waals surface area contributed by atoms with Gasteiger partial charge < -0.3 is 5.32 Å². The van der Waals surface area contributed by atoms with E-state index in [1.807, 2.05) is 0 Å². The van der Waals surface area contributed by atoms with Gasteiger partial charge in [-0.15, -0.1) is 0 Å². The molecule has 2 N–H and O–H groups in total. The van der Waals surface area contributed by atoms with Gasteiger partial charge in [0, 0.05) is 19.2 Å². The smallest absolute Gasteiger partial charge is 0.243 e. The lowest BCUT2D eigenvalue weighted by atomic mass is 10.2. The van der Waals surface area contributed by atoms with Crippen LogP contribution in [-0.4, -0.2) is 52.7 Å². The highest BCUT2D eigenvalue weighted by atomic mass is 32.2.